The first-order valence-corrected chi connectivity index (χ1v) is 9.68. The van der Waals surface area contributed by atoms with E-state index in [0.29, 0.717) is 5.02 Å². The summed E-state index contributed by atoms with van der Waals surface area (Å²) in [6, 6.07) is 17.4. The Morgan fingerprint density at radius 2 is 1.85 bits per heavy atom. The molecular weight excluding hydrogens is 360 g/mol. The smallest absolute Gasteiger partial charge is 0.334 e. The van der Waals surface area contributed by atoms with Gasteiger partial charge in [-0.05, 0) is 43.2 Å². The number of hydrogen-bond donors (Lipinski definition) is 0. The number of ether oxygens (including phenoxy) is 1. The normalized spacial score (nSPS) is 21.9. The van der Waals surface area contributed by atoms with E-state index in [9.17, 15) is 4.79 Å². The molecule has 3 rings (SSSR count). The van der Waals surface area contributed by atoms with Crippen molar-refractivity contribution in [2.45, 2.75) is 38.6 Å². The second-order valence-electron chi connectivity index (χ2n) is 6.97. The molecule has 5 heteroatoms. The molecular formula is C22H25ClN2O2. The average Bonchev–Trinajstić information content (AvgIpc) is 3.00. The Morgan fingerprint density at radius 1 is 1.19 bits per heavy atom. The number of para-hydroxylation sites is 1. The Hall–Kier alpha value is -2.33. The number of unbranched alkanes of at least 4 members (excludes halogenated alkanes) is 1. The maximum absolute atomic E-state index is 13.0. The first kappa shape index (κ1) is 19.4. The maximum Gasteiger partial charge on any atom is 0.334 e. The fraction of sp³-hybridized carbons (Fsp3) is 0.364. The Morgan fingerprint density at radius 3 is 2.44 bits per heavy atom. The molecule has 1 heterocycles. The highest BCUT2D eigenvalue weighted by Gasteiger charge is 2.54. The molecule has 0 saturated carbocycles. The fourth-order valence-corrected chi connectivity index (χ4v) is 3.86. The quantitative estimate of drug-likeness (QED) is 0.634. The summed E-state index contributed by atoms with van der Waals surface area (Å²) in [6.45, 7) is 4.08. The van der Waals surface area contributed by atoms with Gasteiger partial charge in [0.25, 0.3) is 0 Å². The number of anilines is 1. The largest absolute Gasteiger partial charge is 0.467 e. The standard InChI is InChI=1S/C22H25ClN2O2/c1-4-5-11-19-20(16-12-14-17(23)15-13-16)24-25(18-9-7-6-8-10-18)22(19,2)21(26)27-3/h6-10,12-15,19H,4-5,11H2,1-3H3. The number of esters is 1. The van der Waals surface area contributed by atoms with Gasteiger partial charge in [-0.25, -0.2) is 9.80 Å². The number of rotatable bonds is 6. The molecule has 0 aromatic heterocycles. The van der Waals surface area contributed by atoms with Crippen molar-refractivity contribution in [1.82, 2.24) is 0 Å². The third kappa shape index (κ3) is 3.59. The first-order chi connectivity index (χ1) is 13.0. The highest BCUT2D eigenvalue weighted by Crippen LogP contribution is 2.42. The molecule has 0 bridgehead atoms. The molecule has 0 amide bonds. The summed E-state index contributed by atoms with van der Waals surface area (Å²) in [6.07, 6.45) is 2.91. The number of hydrazone groups is 1. The van der Waals surface area contributed by atoms with Crippen LogP contribution < -0.4 is 5.01 Å². The van der Waals surface area contributed by atoms with Crippen molar-refractivity contribution in [3.05, 3.63) is 65.2 Å². The zero-order chi connectivity index (χ0) is 19.4. The second-order valence-corrected chi connectivity index (χ2v) is 7.41. The van der Waals surface area contributed by atoms with Crippen LogP contribution in [0, 0.1) is 5.92 Å². The summed E-state index contributed by atoms with van der Waals surface area (Å²) >= 11 is 6.07. The monoisotopic (exact) mass is 384 g/mol. The minimum absolute atomic E-state index is 0.0775. The minimum Gasteiger partial charge on any atom is -0.467 e. The summed E-state index contributed by atoms with van der Waals surface area (Å²) in [5, 5.41) is 7.42. The molecule has 27 heavy (non-hydrogen) atoms. The Labute approximate surface area is 165 Å². The Bertz CT molecular complexity index is 820. The number of halogens is 1. The molecule has 0 saturated heterocycles. The Balaban J connectivity index is 2.14. The predicted octanol–water partition coefficient (Wildman–Crippen LogP) is 5.30. The average molecular weight is 385 g/mol. The van der Waals surface area contributed by atoms with Crippen LogP contribution in [-0.4, -0.2) is 24.3 Å². The number of benzene rings is 2. The zero-order valence-corrected chi connectivity index (χ0v) is 16.7. The van der Waals surface area contributed by atoms with E-state index in [4.69, 9.17) is 21.4 Å². The van der Waals surface area contributed by atoms with E-state index >= 15 is 0 Å². The zero-order valence-electron chi connectivity index (χ0n) is 16.0. The SMILES string of the molecule is CCCCC1C(c2ccc(Cl)cc2)=NN(c2ccccc2)C1(C)C(=O)OC. The number of nitrogens with zero attached hydrogens (tertiary/aromatic N) is 2. The van der Waals surface area contributed by atoms with Gasteiger partial charge in [-0.2, -0.15) is 5.10 Å². The van der Waals surface area contributed by atoms with Crippen LogP contribution in [0.2, 0.25) is 5.02 Å². The van der Waals surface area contributed by atoms with Gasteiger partial charge in [-0.3, -0.25) is 0 Å². The van der Waals surface area contributed by atoms with Crippen LogP contribution in [0.4, 0.5) is 5.69 Å². The molecule has 2 aromatic carbocycles. The topological polar surface area (TPSA) is 41.9 Å². The molecule has 1 aliphatic heterocycles. The second kappa shape index (κ2) is 8.13. The molecule has 0 radical (unpaired) electrons. The van der Waals surface area contributed by atoms with Gasteiger partial charge in [0, 0.05) is 10.9 Å². The van der Waals surface area contributed by atoms with Crippen LogP contribution in [0.15, 0.2) is 59.7 Å². The lowest BCUT2D eigenvalue weighted by atomic mass is 9.77. The maximum atomic E-state index is 13.0. The molecule has 0 spiro atoms. The third-order valence-corrected chi connectivity index (χ3v) is 5.49. The van der Waals surface area contributed by atoms with Gasteiger partial charge in [-0.15, -0.1) is 0 Å². The highest BCUT2D eigenvalue weighted by atomic mass is 35.5. The van der Waals surface area contributed by atoms with Gasteiger partial charge < -0.3 is 4.74 Å². The van der Waals surface area contributed by atoms with Gasteiger partial charge in [0.05, 0.1) is 18.5 Å². The van der Waals surface area contributed by atoms with Crippen molar-refractivity contribution in [3.8, 4) is 0 Å². The molecule has 2 unspecified atom stereocenters. The molecule has 0 fully saturated rings. The van der Waals surface area contributed by atoms with Crippen molar-refractivity contribution < 1.29 is 9.53 Å². The molecule has 142 valence electrons. The number of carbonyl (C=O) groups excluding carboxylic acids is 1. The van der Waals surface area contributed by atoms with Crippen molar-refractivity contribution in [3.63, 3.8) is 0 Å². The van der Waals surface area contributed by atoms with E-state index in [0.717, 1.165) is 36.2 Å². The van der Waals surface area contributed by atoms with Crippen LogP contribution in [-0.2, 0) is 9.53 Å². The van der Waals surface area contributed by atoms with E-state index in [1.165, 1.54) is 7.11 Å². The lowest BCUT2D eigenvalue weighted by molar-refractivity contribution is -0.147. The van der Waals surface area contributed by atoms with Crippen LogP contribution in [0.3, 0.4) is 0 Å². The van der Waals surface area contributed by atoms with E-state index in [1.54, 1.807) is 0 Å². The lowest BCUT2D eigenvalue weighted by Gasteiger charge is -2.36. The predicted molar refractivity (Wildman–Crippen MR) is 110 cm³/mol. The number of carbonyl (C=O) groups is 1. The molecule has 0 N–H and O–H groups in total. The summed E-state index contributed by atoms with van der Waals surface area (Å²) < 4.78 is 5.23. The van der Waals surface area contributed by atoms with Crippen LogP contribution in [0.25, 0.3) is 0 Å². The molecule has 0 aliphatic carbocycles. The minimum atomic E-state index is -0.903. The van der Waals surface area contributed by atoms with Crippen molar-refractivity contribution in [2.75, 3.05) is 12.1 Å². The summed E-state index contributed by atoms with van der Waals surface area (Å²) in [4.78, 5) is 13.0. The molecule has 4 nitrogen and oxygen atoms in total. The van der Waals surface area contributed by atoms with Crippen molar-refractivity contribution >= 4 is 29.0 Å². The number of methoxy groups -OCH3 is 1. The fourth-order valence-electron chi connectivity index (χ4n) is 3.73. The van der Waals surface area contributed by atoms with Crippen molar-refractivity contribution in [1.29, 1.82) is 0 Å². The summed E-state index contributed by atoms with van der Waals surface area (Å²) in [5.41, 5.74) is 1.85. The third-order valence-electron chi connectivity index (χ3n) is 5.24. The number of hydrogen-bond acceptors (Lipinski definition) is 4. The molecule has 1 aliphatic rings. The van der Waals surface area contributed by atoms with Gasteiger partial charge in [0.1, 0.15) is 0 Å². The van der Waals surface area contributed by atoms with Gasteiger partial charge in [-0.1, -0.05) is 61.7 Å². The molecule has 2 atom stereocenters. The van der Waals surface area contributed by atoms with E-state index in [1.807, 2.05) is 66.5 Å². The van der Waals surface area contributed by atoms with Crippen molar-refractivity contribution in [2.24, 2.45) is 11.0 Å². The summed E-state index contributed by atoms with van der Waals surface area (Å²) in [7, 11) is 1.44. The van der Waals surface area contributed by atoms with E-state index in [2.05, 4.69) is 6.92 Å². The summed E-state index contributed by atoms with van der Waals surface area (Å²) in [5.74, 6) is -0.355. The highest BCUT2D eigenvalue weighted by molar-refractivity contribution is 6.30. The molecule has 2 aromatic rings. The van der Waals surface area contributed by atoms with E-state index < -0.39 is 5.54 Å². The lowest BCUT2D eigenvalue weighted by Crippen LogP contribution is -2.53. The Kier molecular flexibility index (Phi) is 5.85. The van der Waals surface area contributed by atoms with Gasteiger partial charge in [0.15, 0.2) is 5.54 Å². The first-order valence-electron chi connectivity index (χ1n) is 9.30. The van der Waals surface area contributed by atoms with Crippen LogP contribution in [0.5, 0.6) is 0 Å². The van der Waals surface area contributed by atoms with E-state index in [-0.39, 0.29) is 11.9 Å². The van der Waals surface area contributed by atoms with Crippen LogP contribution >= 0.6 is 11.6 Å². The van der Waals surface area contributed by atoms with Gasteiger partial charge in [0.2, 0.25) is 0 Å². The van der Waals surface area contributed by atoms with Gasteiger partial charge >= 0.3 is 5.97 Å². The van der Waals surface area contributed by atoms with Crippen LogP contribution in [0.1, 0.15) is 38.7 Å².